The van der Waals surface area contributed by atoms with Crippen molar-refractivity contribution >= 4 is 50.1 Å². The number of para-hydroxylation sites is 2. The van der Waals surface area contributed by atoms with Crippen molar-refractivity contribution in [3.8, 4) is 44.8 Å². The van der Waals surface area contributed by atoms with E-state index in [0.29, 0.717) is 11.5 Å². The van der Waals surface area contributed by atoms with Gasteiger partial charge in [-0.15, -0.1) is 0 Å². The van der Waals surface area contributed by atoms with E-state index in [1.54, 1.807) is 0 Å². The van der Waals surface area contributed by atoms with E-state index in [2.05, 4.69) is 163 Å². The van der Waals surface area contributed by atoms with Crippen LogP contribution >= 0.6 is 0 Å². The Balaban J connectivity index is 0.986. The maximum Gasteiger partial charge on any atom is 0.227 e. The molecule has 0 aliphatic carbocycles. The van der Waals surface area contributed by atoms with E-state index < -0.39 is 0 Å². The number of anilines is 3. The molecule has 10 aromatic rings. The average molecular weight is 681 g/mol. The number of hydrogen-bond donors (Lipinski definition) is 0. The van der Waals surface area contributed by atoms with E-state index in [1.165, 1.54) is 22.3 Å². The largest absolute Gasteiger partial charge is 0.455 e. The van der Waals surface area contributed by atoms with Gasteiger partial charge in [-0.05, 0) is 88.5 Å². The minimum Gasteiger partial charge on any atom is -0.455 e. The molecule has 10 rings (SSSR count). The van der Waals surface area contributed by atoms with Crippen molar-refractivity contribution in [1.29, 1.82) is 0 Å². The standard InChI is InChI=1S/C49H32N2O2/c1-4-12-33(13-5-1)37-16-10-17-38(30-37)34-22-26-40(27-23-34)51(39-18-8-3-9-19-39)41-28-24-35(25-29-41)42-20-11-21-43-44-31-45-47(32-46(44)52-48(42)43)53-49(50-45)36-14-6-2-7-15-36/h1-32H. The van der Waals surface area contributed by atoms with Crippen LogP contribution in [0.25, 0.3) is 77.9 Å². The SMILES string of the molecule is c1ccc(-c2cccc(-c3ccc(N(c4ccccc4)c4ccc(-c5cccc6c5oc5cc7oc(-c8ccccc8)nc7cc56)cc4)cc3)c2)cc1. The highest BCUT2D eigenvalue weighted by molar-refractivity contribution is 6.12. The summed E-state index contributed by atoms with van der Waals surface area (Å²) < 4.78 is 12.7. The van der Waals surface area contributed by atoms with Crippen molar-refractivity contribution in [2.45, 2.75) is 0 Å². The quantitative estimate of drug-likeness (QED) is 0.168. The van der Waals surface area contributed by atoms with Gasteiger partial charge in [0.2, 0.25) is 5.89 Å². The number of nitrogens with zero attached hydrogens (tertiary/aromatic N) is 2. The number of hydrogen-bond acceptors (Lipinski definition) is 4. The Kier molecular flexibility index (Phi) is 7.43. The molecule has 0 bridgehead atoms. The molecule has 0 fully saturated rings. The summed E-state index contributed by atoms with van der Waals surface area (Å²) in [6, 6.07) is 67.6. The fourth-order valence-electron chi connectivity index (χ4n) is 7.28. The molecule has 8 aromatic carbocycles. The molecule has 0 radical (unpaired) electrons. The van der Waals surface area contributed by atoms with Gasteiger partial charge in [0.15, 0.2) is 5.58 Å². The van der Waals surface area contributed by atoms with E-state index in [4.69, 9.17) is 13.8 Å². The van der Waals surface area contributed by atoms with Crippen molar-refractivity contribution < 1.29 is 8.83 Å². The number of aromatic nitrogens is 1. The molecule has 0 spiro atoms. The number of oxazole rings is 1. The van der Waals surface area contributed by atoms with Gasteiger partial charge >= 0.3 is 0 Å². The fraction of sp³-hybridized carbons (Fsp3) is 0. The van der Waals surface area contributed by atoms with Crippen molar-refractivity contribution in [3.63, 3.8) is 0 Å². The molecule has 0 unspecified atom stereocenters. The first-order valence-electron chi connectivity index (χ1n) is 17.8. The Morgan fingerprint density at radius 1 is 0.358 bits per heavy atom. The predicted octanol–water partition coefficient (Wildman–Crippen LogP) is 13.9. The van der Waals surface area contributed by atoms with Gasteiger partial charge in [0.25, 0.3) is 0 Å². The van der Waals surface area contributed by atoms with Crippen LogP contribution in [0, 0.1) is 0 Å². The van der Waals surface area contributed by atoms with Gasteiger partial charge in [0.05, 0.1) is 0 Å². The smallest absolute Gasteiger partial charge is 0.227 e. The van der Waals surface area contributed by atoms with Crippen LogP contribution in [0.15, 0.2) is 203 Å². The second kappa shape index (κ2) is 12.9. The highest BCUT2D eigenvalue weighted by Crippen LogP contribution is 2.41. The molecule has 250 valence electrons. The summed E-state index contributed by atoms with van der Waals surface area (Å²) in [7, 11) is 0. The molecular weight excluding hydrogens is 649 g/mol. The number of rotatable bonds is 7. The van der Waals surface area contributed by atoms with Gasteiger partial charge in [-0.3, -0.25) is 0 Å². The number of furan rings is 1. The van der Waals surface area contributed by atoms with E-state index >= 15 is 0 Å². The van der Waals surface area contributed by atoms with Crippen molar-refractivity contribution in [2.24, 2.45) is 0 Å². The van der Waals surface area contributed by atoms with Crippen molar-refractivity contribution in [1.82, 2.24) is 4.98 Å². The number of fused-ring (bicyclic) bond motifs is 4. The van der Waals surface area contributed by atoms with Crippen LogP contribution < -0.4 is 4.90 Å². The van der Waals surface area contributed by atoms with Crippen LogP contribution in [0.5, 0.6) is 0 Å². The zero-order chi connectivity index (χ0) is 35.1. The predicted molar refractivity (Wildman–Crippen MR) is 218 cm³/mol. The van der Waals surface area contributed by atoms with Gasteiger partial charge < -0.3 is 13.7 Å². The monoisotopic (exact) mass is 680 g/mol. The molecule has 4 nitrogen and oxygen atoms in total. The van der Waals surface area contributed by atoms with Crippen LogP contribution in [0.4, 0.5) is 17.1 Å². The molecule has 0 N–H and O–H groups in total. The summed E-state index contributed by atoms with van der Waals surface area (Å²) in [6.07, 6.45) is 0. The van der Waals surface area contributed by atoms with Crippen LogP contribution in [-0.4, -0.2) is 4.98 Å². The maximum absolute atomic E-state index is 6.56. The van der Waals surface area contributed by atoms with Crippen molar-refractivity contribution in [3.05, 3.63) is 194 Å². The average Bonchev–Trinajstić information content (AvgIpc) is 3.82. The zero-order valence-corrected chi connectivity index (χ0v) is 28.7. The molecule has 4 heteroatoms. The molecule has 0 amide bonds. The Labute approximate surface area is 306 Å². The van der Waals surface area contributed by atoms with Crippen LogP contribution in [0.1, 0.15) is 0 Å². The third kappa shape index (κ3) is 5.63. The first kappa shape index (κ1) is 30.6. The van der Waals surface area contributed by atoms with Crippen molar-refractivity contribution in [2.75, 3.05) is 4.90 Å². The van der Waals surface area contributed by atoms with E-state index in [0.717, 1.165) is 61.2 Å². The Morgan fingerprint density at radius 2 is 0.906 bits per heavy atom. The zero-order valence-electron chi connectivity index (χ0n) is 28.7. The molecule has 53 heavy (non-hydrogen) atoms. The molecule has 0 saturated heterocycles. The first-order valence-corrected chi connectivity index (χ1v) is 17.8. The highest BCUT2D eigenvalue weighted by Gasteiger charge is 2.18. The molecule has 0 atom stereocenters. The van der Waals surface area contributed by atoms with E-state index in [9.17, 15) is 0 Å². The van der Waals surface area contributed by atoms with Gasteiger partial charge in [-0.2, -0.15) is 0 Å². The Morgan fingerprint density at radius 3 is 1.58 bits per heavy atom. The molecule has 2 heterocycles. The molecule has 0 aliphatic rings. The minimum absolute atomic E-state index is 0.604. The van der Waals surface area contributed by atoms with Crippen LogP contribution in [-0.2, 0) is 0 Å². The normalized spacial score (nSPS) is 11.4. The molecule has 2 aromatic heterocycles. The Bertz CT molecular complexity index is 2860. The van der Waals surface area contributed by atoms with Crippen LogP contribution in [0.3, 0.4) is 0 Å². The highest BCUT2D eigenvalue weighted by atomic mass is 16.4. The maximum atomic E-state index is 6.56. The fourth-order valence-corrected chi connectivity index (χ4v) is 7.28. The summed E-state index contributed by atoms with van der Waals surface area (Å²) in [5.41, 5.74) is 14.2. The van der Waals surface area contributed by atoms with Gasteiger partial charge in [0.1, 0.15) is 16.7 Å². The van der Waals surface area contributed by atoms with Crippen LogP contribution in [0.2, 0.25) is 0 Å². The van der Waals surface area contributed by atoms with Gasteiger partial charge in [-0.1, -0.05) is 127 Å². The second-order valence-corrected chi connectivity index (χ2v) is 13.2. The molecule has 0 aliphatic heterocycles. The minimum atomic E-state index is 0.604. The molecular formula is C49H32N2O2. The first-order chi connectivity index (χ1) is 26.2. The van der Waals surface area contributed by atoms with E-state index in [-0.39, 0.29) is 0 Å². The topological polar surface area (TPSA) is 42.4 Å². The van der Waals surface area contributed by atoms with Gasteiger partial charge in [-0.25, -0.2) is 4.98 Å². The lowest BCUT2D eigenvalue weighted by Gasteiger charge is -2.26. The third-order valence-corrected chi connectivity index (χ3v) is 9.91. The van der Waals surface area contributed by atoms with Gasteiger partial charge in [0, 0.05) is 45.0 Å². The molecule has 0 saturated carbocycles. The summed E-state index contributed by atoms with van der Waals surface area (Å²) in [4.78, 5) is 7.09. The number of benzene rings is 8. The lowest BCUT2D eigenvalue weighted by atomic mass is 9.99. The summed E-state index contributed by atoms with van der Waals surface area (Å²) in [6.45, 7) is 0. The third-order valence-electron chi connectivity index (χ3n) is 9.91. The summed E-state index contributed by atoms with van der Waals surface area (Å²) >= 11 is 0. The summed E-state index contributed by atoms with van der Waals surface area (Å²) in [5, 5.41) is 2.07. The second-order valence-electron chi connectivity index (χ2n) is 13.2. The summed E-state index contributed by atoms with van der Waals surface area (Å²) in [5.74, 6) is 0.604. The van der Waals surface area contributed by atoms with E-state index in [1.807, 2.05) is 36.4 Å². The Hall–Kier alpha value is -7.17. The lowest BCUT2D eigenvalue weighted by Crippen LogP contribution is -2.09. The lowest BCUT2D eigenvalue weighted by molar-refractivity contribution is 0.617.